The first-order valence-electron chi connectivity index (χ1n) is 6.39. The number of halogens is 1. The maximum atomic E-state index is 13.2. The maximum absolute atomic E-state index is 13.2. The van der Waals surface area contributed by atoms with E-state index in [4.69, 9.17) is 0 Å². The smallest absolute Gasteiger partial charge is 0.207 e. The van der Waals surface area contributed by atoms with Gasteiger partial charge in [0.1, 0.15) is 5.82 Å². The number of nitrogens with zero attached hydrogens (tertiary/aromatic N) is 2. The third kappa shape index (κ3) is 2.23. The van der Waals surface area contributed by atoms with Crippen molar-refractivity contribution in [1.29, 1.82) is 0 Å². The molecule has 4 heteroatoms. The number of benzene rings is 1. The predicted molar refractivity (Wildman–Crippen MR) is 69.4 cm³/mol. The SMILES string of the molecule is Fc1cccc(-n2ccnc2NC2CCCC2)c1. The fourth-order valence-electron chi connectivity index (χ4n) is 2.50. The standard InChI is InChI=1S/C14H16FN3/c15-11-4-3-7-13(10-11)18-9-8-16-14(18)17-12-5-1-2-6-12/h3-4,7-10,12H,1-2,5-6H2,(H,16,17). The Hall–Kier alpha value is -1.84. The zero-order valence-corrected chi connectivity index (χ0v) is 10.1. The van der Waals surface area contributed by atoms with Gasteiger partial charge in [-0.15, -0.1) is 0 Å². The molecule has 0 atom stereocenters. The van der Waals surface area contributed by atoms with Crippen molar-refractivity contribution in [2.24, 2.45) is 0 Å². The van der Waals surface area contributed by atoms with E-state index in [1.807, 2.05) is 16.8 Å². The Morgan fingerprint density at radius 1 is 1.28 bits per heavy atom. The molecule has 0 unspecified atom stereocenters. The van der Waals surface area contributed by atoms with Crippen LogP contribution in [-0.4, -0.2) is 15.6 Å². The lowest BCUT2D eigenvalue weighted by molar-refractivity contribution is 0.626. The van der Waals surface area contributed by atoms with Crippen LogP contribution < -0.4 is 5.32 Å². The zero-order chi connectivity index (χ0) is 12.4. The lowest BCUT2D eigenvalue weighted by Crippen LogP contribution is -2.17. The summed E-state index contributed by atoms with van der Waals surface area (Å²) in [6, 6.07) is 7.06. The normalized spacial score (nSPS) is 16.1. The second kappa shape index (κ2) is 4.80. The van der Waals surface area contributed by atoms with E-state index >= 15 is 0 Å². The summed E-state index contributed by atoms with van der Waals surface area (Å²) in [6.45, 7) is 0. The monoisotopic (exact) mass is 245 g/mol. The van der Waals surface area contributed by atoms with Crippen molar-refractivity contribution in [3.63, 3.8) is 0 Å². The molecule has 18 heavy (non-hydrogen) atoms. The maximum Gasteiger partial charge on any atom is 0.207 e. The van der Waals surface area contributed by atoms with Crippen LogP contribution in [0.5, 0.6) is 0 Å². The van der Waals surface area contributed by atoms with Gasteiger partial charge < -0.3 is 5.32 Å². The van der Waals surface area contributed by atoms with Crippen LogP contribution in [-0.2, 0) is 0 Å². The Kier molecular flexibility index (Phi) is 3.00. The minimum absolute atomic E-state index is 0.229. The molecule has 2 aromatic rings. The largest absolute Gasteiger partial charge is 0.353 e. The molecule has 0 radical (unpaired) electrons. The summed E-state index contributed by atoms with van der Waals surface area (Å²) in [5.41, 5.74) is 0.799. The summed E-state index contributed by atoms with van der Waals surface area (Å²) in [5, 5.41) is 3.44. The molecule has 1 fully saturated rings. The summed E-state index contributed by atoms with van der Waals surface area (Å²) in [5.74, 6) is 0.570. The average Bonchev–Trinajstić information content (AvgIpc) is 3.01. The van der Waals surface area contributed by atoms with E-state index in [1.54, 1.807) is 12.3 Å². The first-order valence-corrected chi connectivity index (χ1v) is 6.39. The molecule has 3 nitrogen and oxygen atoms in total. The van der Waals surface area contributed by atoms with Crippen molar-refractivity contribution in [3.05, 3.63) is 42.5 Å². The topological polar surface area (TPSA) is 29.9 Å². The lowest BCUT2D eigenvalue weighted by Gasteiger charge is -2.14. The zero-order valence-electron chi connectivity index (χ0n) is 10.1. The molecule has 94 valence electrons. The number of imidazole rings is 1. The minimum Gasteiger partial charge on any atom is -0.353 e. The second-order valence-corrected chi connectivity index (χ2v) is 4.73. The van der Waals surface area contributed by atoms with Crippen molar-refractivity contribution in [3.8, 4) is 5.69 Å². The van der Waals surface area contributed by atoms with Crippen LogP contribution in [0.1, 0.15) is 25.7 Å². The molecule has 0 aliphatic heterocycles. The third-order valence-electron chi connectivity index (χ3n) is 3.42. The van der Waals surface area contributed by atoms with Crippen molar-refractivity contribution >= 4 is 5.95 Å². The fourth-order valence-corrected chi connectivity index (χ4v) is 2.50. The molecule has 1 N–H and O–H groups in total. The van der Waals surface area contributed by atoms with Gasteiger partial charge in [0.05, 0.1) is 5.69 Å². The number of hydrogen-bond donors (Lipinski definition) is 1. The van der Waals surface area contributed by atoms with E-state index in [0.717, 1.165) is 11.6 Å². The molecule has 3 rings (SSSR count). The molecule has 1 aromatic heterocycles. The summed E-state index contributed by atoms with van der Waals surface area (Å²) >= 11 is 0. The highest BCUT2D eigenvalue weighted by molar-refractivity contribution is 5.42. The second-order valence-electron chi connectivity index (χ2n) is 4.73. The summed E-state index contributed by atoms with van der Waals surface area (Å²) in [4.78, 5) is 4.32. The van der Waals surface area contributed by atoms with E-state index < -0.39 is 0 Å². The molecule has 1 aromatic carbocycles. The highest BCUT2D eigenvalue weighted by Crippen LogP contribution is 2.23. The van der Waals surface area contributed by atoms with Crippen molar-refractivity contribution < 1.29 is 4.39 Å². The molecule has 0 saturated heterocycles. The lowest BCUT2D eigenvalue weighted by atomic mass is 10.2. The first-order chi connectivity index (χ1) is 8.83. The van der Waals surface area contributed by atoms with Crippen molar-refractivity contribution in [1.82, 2.24) is 9.55 Å². The van der Waals surface area contributed by atoms with Gasteiger partial charge in [-0.25, -0.2) is 9.37 Å². The number of nitrogens with one attached hydrogen (secondary N) is 1. The molecule has 0 spiro atoms. The number of hydrogen-bond acceptors (Lipinski definition) is 2. The molecule has 1 aliphatic rings. The molecule has 1 aliphatic carbocycles. The van der Waals surface area contributed by atoms with Gasteiger partial charge in [0.2, 0.25) is 5.95 Å². The highest BCUT2D eigenvalue weighted by atomic mass is 19.1. The Bertz CT molecular complexity index is 529. The fraction of sp³-hybridized carbons (Fsp3) is 0.357. The van der Waals surface area contributed by atoms with Gasteiger partial charge in [-0.1, -0.05) is 18.9 Å². The Balaban J connectivity index is 1.86. The Labute approximate surface area is 106 Å². The van der Waals surface area contributed by atoms with Crippen LogP contribution in [0.2, 0.25) is 0 Å². The summed E-state index contributed by atoms with van der Waals surface area (Å²) in [7, 11) is 0. The van der Waals surface area contributed by atoms with Crippen LogP contribution in [0.4, 0.5) is 10.3 Å². The van der Waals surface area contributed by atoms with E-state index in [-0.39, 0.29) is 5.82 Å². The van der Waals surface area contributed by atoms with Gasteiger partial charge in [0.25, 0.3) is 0 Å². The van der Waals surface area contributed by atoms with Crippen LogP contribution >= 0.6 is 0 Å². The molecule has 1 heterocycles. The van der Waals surface area contributed by atoms with Crippen LogP contribution in [0.15, 0.2) is 36.7 Å². The average molecular weight is 245 g/mol. The number of rotatable bonds is 3. The van der Waals surface area contributed by atoms with Crippen LogP contribution in [0.25, 0.3) is 5.69 Å². The summed E-state index contributed by atoms with van der Waals surface area (Å²) in [6.07, 6.45) is 8.52. The first kappa shape index (κ1) is 11.3. The van der Waals surface area contributed by atoms with Crippen molar-refractivity contribution in [2.45, 2.75) is 31.7 Å². The van der Waals surface area contributed by atoms with Gasteiger partial charge in [-0.2, -0.15) is 0 Å². The van der Waals surface area contributed by atoms with Gasteiger partial charge in [-0.05, 0) is 31.0 Å². The number of anilines is 1. The molecule has 0 amide bonds. The third-order valence-corrected chi connectivity index (χ3v) is 3.42. The molecular formula is C14H16FN3. The van der Waals surface area contributed by atoms with E-state index in [2.05, 4.69) is 10.3 Å². The van der Waals surface area contributed by atoms with Crippen LogP contribution in [0.3, 0.4) is 0 Å². The van der Waals surface area contributed by atoms with E-state index in [1.165, 1.54) is 37.8 Å². The van der Waals surface area contributed by atoms with Crippen molar-refractivity contribution in [2.75, 3.05) is 5.32 Å². The molecule has 1 saturated carbocycles. The van der Waals surface area contributed by atoms with Gasteiger partial charge in [0.15, 0.2) is 0 Å². The Morgan fingerprint density at radius 3 is 2.89 bits per heavy atom. The number of aromatic nitrogens is 2. The van der Waals surface area contributed by atoms with E-state index in [9.17, 15) is 4.39 Å². The van der Waals surface area contributed by atoms with Gasteiger partial charge in [0, 0.05) is 18.4 Å². The van der Waals surface area contributed by atoms with Crippen LogP contribution in [0, 0.1) is 5.82 Å². The molecular weight excluding hydrogens is 229 g/mol. The summed E-state index contributed by atoms with van der Waals surface area (Å²) < 4.78 is 15.1. The van der Waals surface area contributed by atoms with Gasteiger partial charge in [-0.3, -0.25) is 4.57 Å². The predicted octanol–water partition coefficient (Wildman–Crippen LogP) is 3.37. The van der Waals surface area contributed by atoms with Gasteiger partial charge >= 0.3 is 0 Å². The Morgan fingerprint density at radius 2 is 2.11 bits per heavy atom. The highest BCUT2D eigenvalue weighted by Gasteiger charge is 2.16. The van der Waals surface area contributed by atoms with E-state index in [0.29, 0.717) is 6.04 Å². The quantitative estimate of drug-likeness (QED) is 0.898. The minimum atomic E-state index is -0.229. The molecule has 0 bridgehead atoms.